The molecule has 0 radical (unpaired) electrons. The second-order valence-electron chi connectivity index (χ2n) is 6.96. The van der Waals surface area contributed by atoms with E-state index in [4.69, 9.17) is 10.2 Å². The Bertz CT molecular complexity index is 892. The molecule has 1 aliphatic heterocycles. The maximum Gasteiger partial charge on any atom is 0.223 e. The molecule has 5 heteroatoms. The van der Waals surface area contributed by atoms with Crippen molar-refractivity contribution >= 4 is 5.91 Å². The summed E-state index contributed by atoms with van der Waals surface area (Å²) in [5, 5.41) is 0. The fourth-order valence-electron chi connectivity index (χ4n) is 3.62. The van der Waals surface area contributed by atoms with Gasteiger partial charge in [-0.15, -0.1) is 0 Å². The van der Waals surface area contributed by atoms with Crippen molar-refractivity contribution < 1.29 is 9.21 Å². The molecule has 1 fully saturated rings. The van der Waals surface area contributed by atoms with Crippen molar-refractivity contribution in [3.8, 4) is 11.3 Å². The Labute approximate surface area is 158 Å². The number of oxazole rings is 1. The quantitative estimate of drug-likeness (QED) is 0.757. The molecule has 2 aromatic carbocycles. The fraction of sp³-hybridized carbons (Fsp3) is 0.273. The van der Waals surface area contributed by atoms with Crippen LogP contribution in [0.15, 0.2) is 71.3 Å². The summed E-state index contributed by atoms with van der Waals surface area (Å²) in [4.78, 5) is 18.8. The van der Waals surface area contributed by atoms with Gasteiger partial charge in [0.05, 0.1) is 6.20 Å². The van der Waals surface area contributed by atoms with E-state index in [0.717, 1.165) is 11.3 Å². The van der Waals surface area contributed by atoms with E-state index in [0.29, 0.717) is 31.8 Å². The standard InChI is InChI=1S/C22H23N3O2/c23-19-15-25(14-18(19)16-7-3-1-4-8-16)22(26)12-11-21-24-13-20(27-21)17-9-5-2-6-10-17/h1-10,13,18-19H,11-12,14-15,23H2/t18-,19+/m0/s1. The number of nitrogens with two attached hydrogens (primary N) is 1. The predicted octanol–water partition coefficient (Wildman–Crippen LogP) is 3.23. The van der Waals surface area contributed by atoms with Gasteiger partial charge in [-0.05, 0) is 5.56 Å². The minimum absolute atomic E-state index is 0.0252. The average molecular weight is 361 g/mol. The summed E-state index contributed by atoms with van der Waals surface area (Å²) in [6.45, 7) is 1.27. The number of aromatic nitrogens is 1. The number of benzene rings is 2. The first-order valence-corrected chi connectivity index (χ1v) is 9.29. The molecule has 0 bridgehead atoms. The predicted molar refractivity (Wildman–Crippen MR) is 104 cm³/mol. The summed E-state index contributed by atoms with van der Waals surface area (Å²) >= 11 is 0. The van der Waals surface area contributed by atoms with Crippen LogP contribution in [0.4, 0.5) is 0 Å². The van der Waals surface area contributed by atoms with Gasteiger partial charge >= 0.3 is 0 Å². The molecule has 0 aliphatic carbocycles. The van der Waals surface area contributed by atoms with E-state index in [9.17, 15) is 4.79 Å². The highest BCUT2D eigenvalue weighted by Gasteiger charge is 2.33. The molecule has 2 heterocycles. The lowest BCUT2D eigenvalue weighted by atomic mass is 9.95. The Morgan fingerprint density at radius 3 is 2.52 bits per heavy atom. The van der Waals surface area contributed by atoms with Gasteiger partial charge in [0.15, 0.2) is 11.7 Å². The average Bonchev–Trinajstić information content (AvgIpc) is 3.34. The van der Waals surface area contributed by atoms with Crippen LogP contribution in [0.5, 0.6) is 0 Å². The third-order valence-electron chi connectivity index (χ3n) is 5.11. The number of carbonyl (C=O) groups excluding carboxylic acids is 1. The number of hydrogen-bond acceptors (Lipinski definition) is 4. The number of hydrogen-bond donors (Lipinski definition) is 1. The summed E-state index contributed by atoms with van der Waals surface area (Å²) in [6.07, 6.45) is 2.59. The number of rotatable bonds is 5. The Morgan fingerprint density at radius 2 is 1.78 bits per heavy atom. The van der Waals surface area contributed by atoms with E-state index < -0.39 is 0 Å². The Kier molecular flexibility index (Phi) is 5.03. The molecule has 3 aromatic rings. The van der Waals surface area contributed by atoms with Crippen LogP contribution >= 0.6 is 0 Å². The topological polar surface area (TPSA) is 72.4 Å². The molecular weight excluding hydrogens is 338 g/mol. The number of carbonyl (C=O) groups is 1. The monoisotopic (exact) mass is 361 g/mol. The molecule has 1 saturated heterocycles. The zero-order valence-corrected chi connectivity index (χ0v) is 15.1. The van der Waals surface area contributed by atoms with Gasteiger partial charge in [-0.3, -0.25) is 4.79 Å². The number of likely N-dealkylation sites (tertiary alicyclic amines) is 1. The molecule has 27 heavy (non-hydrogen) atoms. The van der Waals surface area contributed by atoms with Gasteiger partial charge in [0, 0.05) is 43.5 Å². The van der Waals surface area contributed by atoms with Crippen molar-refractivity contribution in [3.05, 3.63) is 78.3 Å². The summed E-state index contributed by atoms with van der Waals surface area (Å²) < 4.78 is 5.79. The smallest absolute Gasteiger partial charge is 0.223 e. The molecule has 2 atom stereocenters. The van der Waals surface area contributed by atoms with Crippen LogP contribution in [0.1, 0.15) is 23.8 Å². The largest absolute Gasteiger partial charge is 0.441 e. The molecule has 2 N–H and O–H groups in total. The molecule has 4 rings (SSSR count). The Balaban J connectivity index is 1.34. The van der Waals surface area contributed by atoms with Gasteiger partial charge < -0.3 is 15.1 Å². The number of aryl methyl sites for hydroxylation is 1. The van der Waals surface area contributed by atoms with E-state index >= 15 is 0 Å². The summed E-state index contributed by atoms with van der Waals surface area (Å²) in [5.41, 5.74) is 8.47. The van der Waals surface area contributed by atoms with Crippen LogP contribution < -0.4 is 5.73 Å². The maximum atomic E-state index is 12.6. The second-order valence-corrected chi connectivity index (χ2v) is 6.96. The van der Waals surface area contributed by atoms with Crippen molar-refractivity contribution in [3.63, 3.8) is 0 Å². The molecule has 0 spiro atoms. The van der Waals surface area contributed by atoms with Crippen molar-refractivity contribution in [1.82, 2.24) is 9.88 Å². The molecule has 1 amide bonds. The second kappa shape index (κ2) is 7.76. The molecule has 0 unspecified atom stereocenters. The van der Waals surface area contributed by atoms with E-state index in [1.165, 1.54) is 5.56 Å². The normalized spacial score (nSPS) is 19.4. The van der Waals surface area contributed by atoms with E-state index in [-0.39, 0.29) is 17.9 Å². The van der Waals surface area contributed by atoms with Crippen LogP contribution in [0.25, 0.3) is 11.3 Å². The van der Waals surface area contributed by atoms with Crippen molar-refractivity contribution in [1.29, 1.82) is 0 Å². The van der Waals surface area contributed by atoms with Crippen LogP contribution in [0, 0.1) is 0 Å². The molecule has 0 saturated carbocycles. The molecule has 138 valence electrons. The zero-order valence-electron chi connectivity index (χ0n) is 15.1. The summed E-state index contributed by atoms with van der Waals surface area (Å²) in [6, 6.07) is 20.0. The van der Waals surface area contributed by atoms with Gasteiger partial charge in [-0.1, -0.05) is 60.7 Å². The van der Waals surface area contributed by atoms with Gasteiger partial charge in [0.25, 0.3) is 0 Å². The zero-order chi connectivity index (χ0) is 18.6. The number of amides is 1. The highest BCUT2D eigenvalue weighted by molar-refractivity contribution is 5.77. The first-order chi connectivity index (χ1) is 13.2. The van der Waals surface area contributed by atoms with Crippen LogP contribution in [0.3, 0.4) is 0 Å². The van der Waals surface area contributed by atoms with Crippen LogP contribution in [-0.4, -0.2) is 34.9 Å². The Hall–Kier alpha value is -2.92. The lowest BCUT2D eigenvalue weighted by Crippen LogP contribution is -2.32. The first kappa shape index (κ1) is 17.5. The van der Waals surface area contributed by atoms with Gasteiger partial charge in [0.1, 0.15) is 0 Å². The van der Waals surface area contributed by atoms with Crippen molar-refractivity contribution in [2.45, 2.75) is 24.8 Å². The molecule has 5 nitrogen and oxygen atoms in total. The number of nitrogens with zero attached hydrogens (tertiary/aromatic N) is 2. The summed E-state index contributed by atoms with van der Waals surface area (Å²) in [5.74, 6) is 1.61. The van der Waals surface area contributed by atoms with Crippen molar-refractivity contribution in [2.75, 3.05) is 13.1 Å². The minimum Gasteiger partial charge on any atom is -0.441 e. The van der Waals surface area contributed by atoms with Crippen LogP contribution in [0.2, 0.25) is 0 Å². The van der Waals surface area contributed by atoms with E-state index in [2.05, 4.69) is 17.1 Å². The molecular formula is C22H23N3O2. The molecule has 1 aliphatic rings. The highest BCUT2D eigenvalue weighted by atomic mass is 16.4. The fourth-order valence-corrected chi connectivity index (χ4v) is 3.62. The first-order valence-electron chi connectivity index (χ1n) is 9.29. The molecule has 1 aromatic heterocycles. The lowest BCUT2D eigenvalue weighted by Gasteiger charge is -2.16. The summed E-state index contributed by atoms with van der Waals surface area (Å²) in [7, 11) is 0. The minimum atomic E-state index is -0.0252. The van der Waals surface area contributed by atoms with Gasteiger partial charge in [-0.25, -0.2) is 4.98 Å². The lowest BCUT2D eigenvalue weighted by molar-refractivity contribution is -0.130. The van der Waals surface area contributed by atoms with E-state index in [1.54, 1.807) is 6.20 Å². The van der Waals surface area contributed by atoms with Gasteiger partial charge in [0.2, 0.25) is 5.91 Å². The third kappa shape index (κ3) is 3.93. The van der Waals surface area contributed by atoms with E-state index in [1.807, 2.05) is 53.4 Å². The Morgan fingerprint density at radius 1 is 1.07 bits per heavy atom. The van der Waals surface area contributed by atoms with Crippen LogP contribution in [-0.2, 0) is 11.2 Å². The highest BCUT2D eigenvalue weighted by Crippen LogP contribution is 2.27. The van der Waals surface area contributed by atoms with Gasteiger partial charge in [-0.2, -0.15) is 0 Å². The third-order valence-corrected chi connectivity index (χ3v) is 5.11. The van der Waals surface area contributed by atoms with Crippen molar-refractivity contribution in [2.24, 2.45) is 5.73 Å². The SMILES string of the molecule is N[C@@H]1CN(C(=O)CCc2ncc(-c3ccccc3)o2)C[C@H]1c1ccccc1. The maximum absolute atomic E-state index is 12.6.